The molecule has 0 bridgehead atoms. The average molecular weight is 342 g/mol. The molecule has 7 heteroatoms. The number of carbonyl (C=O) groups excluding carboxylic acids is 1. The normalized spacial score (nSPS) is 16.3. The standard InChI is InChI=1S/C17H35N5O2/c1-4-5-14-24-15-6-7-19-17(18-3)20-8-9-21-10-12-22(13-11-21)16(2)23/h4-15H2,1-3H3,(H2,18,19,20). The van der Waals surface area contributed by atoms with Crippen molar-refractivity contribution in [2.45, 2.75) is 33.1 Å². The van der Waals surface area contributed by atoms with Crippen molar-refractivity contribution in [1.29, 1.82) is 0 Å². The topological polar surface area (TPSA) is 69.2 Å². The summed E-state index contributed by atoms with van der Waals surface area (Å²) in [5.41, 5.74) is 0. The van der Waals surface area contributed by atoms with Crippen LogP contribution in [0.15, 0.2) is 4.99 Å². The number of hydrogen-bond donors (Lipinski definition) is 2. The van der Waals surface area contributed by atoms with E-state index >= 15 is 0 Å². The summed E-state index contributed by atoms with van der Waals surface area (Å²) < 4.78 is 5.54. The van der Waals surface area contributed by atoms with E-state index < -0.39 is 0 Å². The van der Waals surface area contributed by atoms with Gasteiger partial charge in [0, 0.05) is 73.0 Å². The lowest BCUT2D eigenvalue weighted by atomic mass is 10.3. The lowest BCUT2D eigenvalue weighted by molar-refractivity contribution is -0.130. The Hall–Kier alpha value is -1.34. The van der Waals surface area contributed by atoms with Gasteiger partial charge < -0.3 is 20.3 Å². The highest BCUT2D eigenvalue weighted by Crippen LogP contribution is 2.00. The molecule has 7 nitrogen and oxygen atoms in total. The first-order valence-electron chi connectivity index (χ1n) is 9.17. The fraction of sp³-hybridized carbons (Fsp3) is 0.882. The lowest BCUT2D eigenvalue weighted by Crippen LogP contribution is -2.50. The first-order valence-corrected chi connectivity index (χ1v) is 9.17. The van der Waals surface area contributed by atoms with Gasteiger partial charge in [0.25, 0.3) is 0 Å². The number of hydrogen-bond acceptors (Lipinski definition) is 4. The van der Waals surface area contributed by atoms with Crippen LogP contribution in [-0.2, 0) is 9.53 Å². The molecule has 1 aliphatic heterocycles. The molecule has 1 aliphatic rings. The van der Waals surface area contributed by atoms with Crippen molar-refractivity contribution in [1.82, 2.24) is 20.4 Å². The van der Waals surface area contributed by atoms with Gasteiger partial charge in [-0.15, -0.1) is 0 Å². The maximum Gasteiger partial charge on any atom is 0.219 e. The maximum absolute atomic E-state index is 11.3. The van der Waals surface area contributed by atoms with Gasteiger partial charge in [0.05, 0.1) is 0 Å². The molecule has 1 saturated heterocycles. The third-order valence-corrected chi connectivity index (χ3v) is 4.16. The van der Waals surface area contributed by atoms with Crippen LogP contribution in [-0.4, -0.2) is 87.7 Å². The molecule has 0 saturated carbocycles. The molecule has 1 rings (SSSR count). The van der Waals surface area contributed by atoms with Crippen molar-refractivity contribution in [2.24, 2.45) is 4.99 Å². The van der Waals surface area contributed by atoms with Crippen molar-refractivity contribution < 1.29 is 9.53 Å². The van der Waals surface area contributed by atoms with Gasteiger partial charge in [-0.25, -0.2) is 0 Å². The fourth-order valence-corrected chi connectivity index (χ4v) is 2.57. The fourth-order valence-electron chi connectivity index (χ4n) is 2.57. The van der Waals surface area contributed by atoms with Gasteiger partial charge in [0.15, 0.2) is 5.96 Å². The van der Waals surface area contributed by atoms with Crippen molar-refractivity contribution >= 4 is 11.9 Å². The first-order chi connectivity index (χ1) is 11.7. The number of piperazine rings is 1. The monoisotopic (exact) mass is 341 g/mol. The Bertz CT molecular complexity index is 368. The van der Waals surface area contributed by atoms with Gasteiger partial charge in [-0.1, -0.05) is 13.3 Å². The summed E-state index contributed by atoms with van der Waals surface area (Å²) >= 11 is 0. The minimum atomic E-state index is 0.177. The van der Waals surface area contributed by atoms with E-state index in [1.165, 1.54) is 6.42 Å². The first kappa shape index (κ1) is 20.7. The second-order valence-corrected chi connectivity index (χ2v) is 6.09. The van der Waals surface area contributed by atoms with Crippen molar-refractivity contribution in [3.63, 3.8) is 0 Å². The van der Waals surface area contributed by atoms with Gasteiger partial charge in [-0.05, 0) is 12.8 Å². The summed E-state index contributed by atoms with van der Waals surface area (Å²) in [4.78, 5) is 19.8. The summed E-state index contributed by atoms with van der Waals surface area (Å²) in [6.07, 6.45) is 3.30. The molecule has 24 heavy (non-hydrogen) atoms. The lowest BCUT2D eigenvalue weighted by Gasteiger charge is -2.34. The van der Waals surface area contributed by atoms with E-state index in [9.17, 15) is 4.79 Å². The zero-order valence-electron chi connectivity index (χ0n) is 15.6. The highest BCUT2D eigenvalue weighted by atomic mass is 16.5. The van der Waals surface area contributed by atoms with Crippen LogP contribution in [0.4, 0.5) is 0 Å². The molecular weight excluding hydrogens is 306 g/mol. The third kappa shape index (κ3) is 9.08. The Morgan fingerprint density at radius 1 is 1.08 bits per heavy atom. The highest BCUT2D eigenvalue weighted by Gasteiger charge is 2.17. The minimum absolute atomic E-state index is 0.177. The quantitative estimate of drug-likeness (QED) is 0.344. The molecule has 0 unspecified atom stereocenters. The summed E-state index contributed by atoms with van der Waals surface area (Å²) in [6.45, 7) is 11.7. The number of carbonyl (C=O) groups is 1. The van der Waals surface area contributed by atoms with Crippen LogP contribution in [0.1, 0.15) is 33.1 Å². The molecule has 0 aromatic rings. The average Bonchev–Trinajstić information content (AvgIpc) is 2.59. The van der Waals surface area contributed by atoms with Crippen molar-refractivity contribution in [3.05, 3.63) is 0 Å². The van der Waals surface area contributed by atoms with Gasteiger partial charge in [0.2, 0.25) is 5.91 Å². The van der Waals surface area contributed by atoms with E-state index in [0.717, 1.165) is 77.8 Å². The van der Waals surface area contributed by atoms with E-state index in [0.29, 0.717) is 0 Å². The van der Waals surface area contributed by atoms with Crippen LogP contribution in [0.5, 0.6) is 0 Å². The molecule has 0 spiro atoms. The highest BCUT2D eigenvalue weighted by molar-refractivity contribution is 5.79. The molecule has 0 radical (unpaired) electrons. The van der Waals surface area contributed by atoms with Crippen molar-refractivity contribution in [3.8, 4) is 0 Å². The minimum Gasteiger partial charge on any atom is -0.381 e. The second-order valence-electron chi connectivity index (χ2n) is 6.09. The predicted molar refractivity (Wildman–Crippen MR) is 98.4 cm³/mol. The second kappa shape index (κ2) is 13.0. The van der Waals surface area contributed by atoms with E-state index in [1.54, 1.807) is 14.0 Å². The molecule has 0 aromatic carbocycles. The molecule has 0 atom stereocenters. The Balaban J connectivity index is 2.03. The van der Waals surface area contributed by atoms with Crippen LogP contribution < -0.4 is 10.6 Å². The number of nitrogens with one attached hydrogen (secondary N) is 2. The van der Waals surface area contributed by atoms with E-state index in [4.69, 9.17) is 4.74 Å². The Labute approximate surface area is 146 Å². The van der Waals surface area contributed by atoms with E-state index in [2.05, 4.69) is 27.4 Å². The molecule has 0 aliphatic carbocycles. The zero-order valence-corrected chi connectivity index (χ0v) is 15.6. The summed E-state index contributed by atoms with van der Waals surface area (Å²) in [7, 11) is 1.79. The SMILES string of the molecule is CCCCOCCCNC(=NC)NCCN1CCN(C(C)=O)CC1. The van der Waals surface area contributed by atoms with Crippen LogP contribution >= 0.6 is 0 Å². The van der Waals surface area contributed by atoms with E-state index in [-0.39, 0.29) is 5.91 Å². The van der Waals surface area contributed by atoms with Crippen LogP contribution in [0.3, 0.4) is 0 Å². The molecule has 140 valence electrons. The van der Waals surface area contributed by atoms with Crippen LogP contribution in [0.25, 0.3) is 0 Å². The van der Waals surface area contributed by atoms with Gasteiger partial charge >= 0.3 is 0 Å². The number of unbranched alkanes of at least 4 members (excludes halogenated alkanes) is 1. The predicted octanol–water partition coefficient (Wildman–Crippen LogP) is 0.522. The molecule has 2 N–H and O–H groups in total. The molecule has 0 aromatic heterocycles. The van der Waals surface area contributed by atoms with Crippen molar-refractivity contribution in [2.75, 3.05) is 66.1 Å². The Morgan fingerprint density at radius 2 is 1.75 bits per heavy atom. The number of ether oxygens (including phenoxy) is 1. The smallest absolute Gasteiger partial charge is 0.219 e. The summed E-state index contributed by atoms with van der Waals surface area (Å²) in [6, 6.07) is 0. The number of rotatable bonds is 10. The maximum atomic E-state index is 11.3. The number of guanidine groups is 1. The van der Waals surface area contributed by atoms with Gasteiger partial charge in [-0.3, -0.25) is 14.7 Å². The zero-order chi connectivity index (χ0) is 17.6. The number of amides is 1. The summed E-state index contributed by atoms with van der Waals surface area (Å²) in [5.74, 6) is 1.02. The molecule has 1 heterocycles. The van der Waals surface area contributed by atoms with Gasteiger partial charge in [0.1, 0.15) is 0 Å². The number of aliphatic imine (C=N–C) groups is 1. The third-order valence-electron chi connectivity index (χ3n) is 4.16. The van der Waals surface area contributed by atoms with E-state index in [1.807, 2.05) is 4.90 Å². The molecule has 1 fully saturated rings. The van der Waals surface area contributed by atoms with Crippen LogP contribution in [0.2, 0.25) is 0 Å². The van der Waals surface area contributed by atoms with Gasteiger partial charge in [-0.2, -0.15) is 0 Å². The molecule has 1 amide bonds. The molecular formula is C17H35N5O2. The largest absolute Gasteiger partial charge is 0.381 e. The Morgan fingerprint density at radius 3 is 2.38 bits per heavy atom. The van der Waals surface area contributed by atoms with Crippen LogP contribution in [0, 0.1) is 0 Å². The summed E-state index contributed by atoms with van der Waals surface area (Å²) in [5, 5.41) is 6.65. The number of nitrogens with zero attached hydrogens (tertiary/aromatic N) is 3. The Kier molecular flexibility index (Phi) is 11.2.